The molecule has 0 bridgehead atoms. The van der Waals surface area contributed by atoms with Crippen molar-refractivity contribution in [3.05, 3.63) is 29.8 Å². The van der Waals surface area contributed by atoms with Crippen LogP contribution in [0.3, 0.4) is 0 Å². The molecule has 1 aromatic rings. The molecule has 0 fully saturated rings. The van der Waals surface area contributed by atoms with E-state index in [0.29, 0.717) is 0 Å². The summed E-state index contributed by atoms with van der Waals surface area (Å²) in [6.07, 6.45) is 2.55. The number of hydrogen-bond donors (Lipinski definition) is 0. The summed E-state index contributed by atoms with van der Waals surface area (Å²) >= 11 is 1.93. The van der Waals surface area contributed by atoms with Crippen LogP contribution in [0.4, 0.5) is 0 Å². The Morgan fingerprint density at radius 2 is 2.07 bits per heavy atom. The Morgan fingerprint density at radius 1 is 1.29 bits per heavy atom. The van der Waals surface area contributed by atoms with E-state index in [4.69, 9.17) is 4.74 Å². The van der Waals surface area contributed by atoms with Crippen LogP contribution in [0.2, 0.25) is 0 Å². The fraction of sp³-hybridized carbons (Fsp3) is 0.500. The standard InChI is InChI=1S/C12H18OS/c1-3-4-9-14-12-8-6-5-7-11(12)10-13-2/h5-8H,3-4,9-10H2,1-2H3. The zero-order valence-electron chi connectivity index (χ0n) is 8.95. The lowest BCUT2D eigenvalue weighted by Crippen LogP contribution is -1.90. The monoisotopic (exact) mass is 210 g/mol. The van der Waals surface area contributed by atoms with Gasteiger partial charge in [-0.25, -0.2) is 0 Å². The van der Waals surface area contributed by atoms with Gasteiger partial charge in [0.2, 0.25) is 0 Å². The zero-order valence-corrected chi connectivity index (χ0v) is 9.77. The van der Waals surface area contributed by atoms with Crippen LogP contribution in [0.5, 0.6) is 0 Å². The third-order valence-corrected chi connectivity index (χ3v) is 3.23. The molecule has 0 atom stereocenters. The summed E-state index contributed by atoms with van der Waals surface area (Å²) < 4.78 is 5.16. The summed E-state index contributed by atoms with van der Waals surface area (Å²) in [6.45, 7) is 2.94. The maximum absolute atomic E-state index is 5.16. The van der Waals surface area contributed by atoms with Crippen LogP contribution < -0.4 is 0 Å². The molecule has 0 aliphatic rings. The van der Waals surface area contributed by atoms with Gasteiger partial charge in [-0.2, -0.15) is 0 Å². The first kappa shape index (κ1) is 11.6. The Balaban J connectivity index is 2.55. The molecule has 0 amide bonds. The van der Waals surface area contributed by atoms with E-state index in [-0.39, 0.29) is 0 Å². The second kappa shape index (κ2) is 6.91. The minimum absolute atomic E-state index is 0.718. The van der Waals surface area contributed by atoms with Crippen molar-refractivity contribution in [1.29, 1.82) is 0 Å². The lowest BCUT2D eigenvalue weighted by Gasteiger charge is -2.07. The lowest BCUT2D eigenvalue weighted by atomic mass is 10.2. The van der Waals surface area contributed by atoms with Gasteiger partial charge in [-0.1, -0.05) is 31.5 Å². The van der Waals surface area contributed by atoms with Gasteiger partial charge in [0.25, 0.3) is 0 Å². The quantitative estimate of drug-likeness (QED) is 0.522. The molecule has 2 heteroatoms. The molecular formula is C12H18OS. The third kappa shape index (κ3) is 3.72. The number of methoxy groups -OCH3 is 1. The van der Waals surface area contributed by atoms with Gasteiger partial charge in [-0.05, 0) is 23.8 Å². The van der Waals surface area contributed by atoms with Crippen molar-refractivity contribution >= 4 is 11.8 Å². The smallest absolute Gasteiger partial charge is 0.0723 e. The van der Waals surface area contributed by atoms with E-state index in [9.17, 15) is 0 Å². The molecule has 0 saturated heterocycles. The molecule has 1 nitrogen and oxygen atoms in total. The molecule has 0 unspecified atom stereocenters. The van der Waals surface area contributed by atoms with E-state index >= 15 is 0 Å². The summed E-state index contributed by atoms with van der Waals surface area (Å²) in [7, 11) is 1.74. The SMILES string of the molecule is CCCCSc1ccccc1COC. The number of rotatable bonds is 6. The summed E-state index contributed by atoms with van der Waals surface area (Å²) in [6, 6.07) is 8.47. The number of ether oxygens (including phenoxy) is 1. The molecule has 0 radical (unpaired) electrons. The van der Waals surface area contributed by atoms with Crippen molar-refractivity contribution < 1.29 is 4.74 Å². The van der Waals surface area contributed by atoms with Crippen molar-refractivity contribution in [1.82, 2.24) is 0 Å². The number of thioether (sulfide) groups is 1. The topological polar surface area (TPSA) is 9.23 Å². The molecule has 78 valence electrons. The van der Waals surface area contributed by atoms with Gasteiger partial charge >= 0.3 is 0 Å². The highest BCUT2D eigenvalue weighted by Crippen LogP contribution is 2.23. The first-order chi connectivity index (χ1) is 6.88. The Morgan fingerprint density at radius 3 is 2.79 bits per heavy atom. The second-order valence-electron chi connectivity index (χ2n) is 3.24. The van der Waals surface area contributed by atoms with Crippen molar-refractivity contribution in [2.45, 2.75) is 31.3 Å². The zero-order chi connectivity index (χ0) is 10.2. The molecule has 0 N–H and O–H groups in total. The average Bonchev–Trinajstić information content (AvgIpc) is 2.21. The van der Waals surface area contributed by atoms with Crippen molar-refractivity contribution in [2.24, 2.45) is 0 Å². The van der Waals surface area contributed by atoms with Gasteiger partial charge in [0, 0.05) is 12.0 Å². The summed E-state index contributed by atoms with van der Waals surface area (Å²) in [4.78, 5) is 1.36. The molecule has 0 aromatic heterocycles. The van der Waals surface area contributed by atoms with E-state index in [2.05, 4.69) is 31.2 Å². The van der Waals surface area contributed by atoms with Gasteiger partial charge < -0.3 is 4.74 Å². The second-order valence-corrected chi connectivity index (χ2v) is 4.38. The molecule has 14 heavy (non-hydrogen) atoms. The Kier molecular flexibility index (Phi) is 5.72. The minimum atomic E-state index is 0.718. The fourth-order valence-electron chi connectivity index (χ4n) is 1.25. The Hall–Kier alpha value is -0.470. The van der Waals surface area contributed by atoms with Crippen LogP contribution in [0.1, 0.15) is 25.3 Å². The summed E-state index contributed by atoms with van der Waals surface area (Å²) in [5.74, 6) is 1.21. The maximum Gasteiger partial charge on any atom is 0.0723 e. The predicted octanol–water partition coefficient (Wildman–Crippen LogP) is 3.73. The predicted molar refractivity (Wildman–Crippen MR) is 62.8 cm³/mol. The molecule has 1 rings (SSSR count). The van der Waals surface area contributed by atoms with Crippen molar-refractivity contribution in [2.75, 3.05) is 12.9 Å². The van der Waals surface area contributed by atoms with Gasteiger partial charge in [0.15, 0.2) is 0 Å². The van der Waals surface area contributed by atoms with E-state index in [1.165, 1.54) is 29.1 Å². The highest BCUT2D eigenvalue weighted by atomic mass is 32.2. The molecule has 1 aromatic carbocycles. The Bertz CT molecular complexity index is 260. The first-order valence-corrected chi connectivity index (χ1v) is 6.06. The van der Waals surface area contributed by atoms with Crippen LogP contribution in [-0.2, 0) is 11.3 Å². The summed E-state index contributed by atoms with van der Waals surface area (Å²) in [5.41, 5.74) is 1.30. The van der Waals surface area contributed by atoms with Crippen LogP contribution in [-0.4, -0.2) is 12.9 Å². The lowest BCUT2D eigenvalue weighted by molar-refractivity contribution is 0.183. The fourth-order valence-corrected chi connectivity index (χ4v) is 2.39. The molecule has 0 spiro atoms. The van der Waals surface area contributed by atoms with E-state index in [1.54, 1.807) is 7.11 Å². The highest BCUT2D eigenvalue weighted by Gasteiger charge is 2.00. The molecular weight excluding hydrogens is 192 g/mol. The maximum atomic E-state index is 5.16. The number of hydrogen-bond acceptors (Lipinski definition) is 2. The molecule has 0 saturated carbocycles. The van der Waals surface area contributed by atoms with Gasteiger partial charge in [0.05, 0.1) is 6.61 Å². The number of unbranched alkanes of at least 4 members (excludes halogenated alkanes) is 1. The number of benzene rings is 1. The van der Waals surface area contributed by atoms with Gasteiger partial charge in [-0.3, -0.25) is 0 Å². The van der Waals surface area contributed by atoms with E-state index in [1.807, 2.05) is 11.8 Å². The summed E-state index contributed by atoms with van der Waals surface area (Å²) in [5, 5.41) is 0. The van der Waals surface area contributed by atoms with Crippen molar-refractivity contribution in [3.63, 3.8) is 0 Å². The van der Waals surface area contributed by atoms with E-state index < -0.39 is 0 Å². The normalized spacial score (nSPS) is 10.4. The van der Waals surface area contributed by atoms with Crippen LogP contribution in [0.15, 0.2) is 29.2 Å². The van der Waals surface area contributed by atoms with Gasteiger partial charge in [-0.15, -0.1) is 11.8 Å². The van der Waals surface area contributed by atoms with Crippen LogP contribution in [0.25, 0.3) is 0 Å². The van der Waals surface area contributed by atoms with Gasteiger partial charge in [0.1, 0.15) is 0 Å². The largest absolute Gasteiger partial charge is 0.380 e. The highest BCUT2D eigenvalue weighted by molar-refractivity contribution is 7.99. The van der Waals surface area contributed by atoms with Crippen LogP contribution >= 0.6 is 11.8 Å². The third-order valence-electron chi connectivity index (χ3n) is 2.03. The van der Waals surface area contributed by atoms with Crippen molar-refractivity contribution in [3.8, 4) is 0 Å². The molecule has 0 aliphatic carbocycles. The minimum Gasteiger partial charge on any atom is -0.380 e. The van der Waals surface area contributed by atoms with Crippen LogP contribution in [0, 0.1) is 0 Å². The molecule has 0 aliphatic heterocycles. The average molecular weight is 210 g/mol. The Labute approximate surface area is 90.9 Å². The first-order valence-electron chi connectivity index (χ1n) is 5.08. The van der Waals surface area contributed by atoms with E-state index in [0.717, 1.165) is 6.61 Å². The molecule has 0 heterocycles.